The zero-order chi connectivity index (χ0) is 17.7. The summed E-state index contributed by atoms with van der Waals surface area (Å²) in [5.41, 5.74) is 3.10. The largest absolute Gasteiger partial charge is 0.484 e. The summed E-state index contributed by atoms with van der Waals surface area (Å²) in [4.78, 5) is 23.9. The Morgan fingerprint density at radius 1 is 1.12 bits per heavy atom. The summed E-state index contributed by atoms with van der Waals surface area (Å²) in [6.45, 7) is 7.85. The average Bonchev–Trinajstić information content (AvgIpc) is 2.85. The van der Waals surface area contributed by atoms with Crippen LogP contribution in [0.15, 0.2) is 24.3 Å². The van der Waals surface area contributed by atoms with Gasteiger partial charge in [-0.15, -0.1) is 0 Å². The van der Waals surface area contributed by atoms with Crippen LogP contribution in [0.25, 0.3) is 0 Å². The third kappa shape index (κ3) is 4.01. The van der Waals surface area contributed by atoms with Crippen molar-refractivity contribution < 1.29 is 19.1 Å². The van der Waals surface area contributed by atoms with Crippen molar-refractivity contribution in [2.24, 2.45) is 0 Å². The lowest BCUT2D eigenvalue weighted by Gasteiger charge is -2.08. The van der Waals surface area contributed by atoms with E-state index in [1.165, 1.54) is 4.68 Å². The van der Waals surface area contributed by atoms with Gasteiger partial charge in [0.05, 0.1) is 17.9 Å². The minimum absolute atomic E-state index is 0.124. The highest BCUT2D eigenvalue weighted by Gasteiger charge is 2.14. The van der Waals surface area contributed by atoms with E-state index in [1.54, 1.807) is 24.3 Å². The third-order valence-corrected chi connectivity index (χ3v) is 3.78. The average molecular weight is 330 g/mol. The molecular formula is C18H22N2O4. The highest BCUT2D eigenvalue weighted by molar-refractivity contribution is 5.89. The number of nitrogens with zero attached hydrogens (tertiary/aromatic N) is 2. The molecule has 0 bridgehead atoms. The van der Waals surface area contributed by atoms with Gasteiger partial charge in [-0.05, 0) is 57.0 Å². The van der Waals surface area contributed by atoms with Crippen molar-refractivity contribution >= 4 is 11.9 Å². The lowest BCUT2D eigenvalue weighted by Crippen LogP contribution is -2.21. The number of rotatable bonds is 6. The maximum absolute atomic E-state index is 12.2. The van der Waals surface area contributed by atoms with Crippen LogP contribution in [0.3, 0.4) is 0 Å². The molecule has 0 unspecified atom stereocenters. The number of carbonyl (C=O) groups excluding carboxylic acids is 2. The van der Waals surface area contributed by atoms with E-state index in [0.29, 0.717) is 17.9 Å². The molecule has 0 saturated carbocycles. The van der Waals surface area contributed by atoms with Gasteiger partial charge in [0.1, 0.15) is 5.75 Å². The van der Waals surface area contributed by atoms with Crippen molar-refractivity contribution in [2.75, 3.05) is 13.2 Å². The molecule has 1 heterocycles. The number of aromatic nitrogens is 2. The fourth-order valence-corrected chi connectivity index (χ4v) is 2.14. The van der Waals surface area contributed by atoms with Gasteiger partial charge in [-0.3, -0.25) is 4.79 Å². The van der Waals surface area contributed by atoms with E-state index in [-0.39, 0.29) is 18.5 Å². The number of hydrogen-bond donors (Lipinski definition) is 0. The highest BCUT2D eigenvalue weighted by Crippen LogP contribution is 2.14. The summed E-state index contributed by atoms with van der Waals surface area (Å²) in [5.74, 6) is -0.0960. The first-order chi connectivity index (χ1) is 11.4. The lowest BCUT2D eigenvalue weighted by molar-refractivity contribution is 0.0504. The minimum Gasteiger partial charge on any atom is -0.484 e. The van der Waals surface area contributed by atoms with Gasteiger partial charge >= 0.3 is 5.97 Å². The van der Waals surface area contributed by atoms with Crippen molar-refractivity contribution in [3.05, 3.63) is 46.8 Å². The van der Waals surface area contributed by atoms with Crippen molar-refractivity contribution in [1.29, 1.82) is 0 Å². The normalized spacial score (nSPS) is 10.5. The summed E-state index contributed by atoms with van der Waals surface area (Å²) in [5, 5.41) is 4.21. The molecule has 2 aromatic rings. The Morgan fingerprint density at radius 2 is 1.79 bits per heavy atom. The molecule has 2 rings (SSSR count). The van der Waals surface area contributed by atoms with Crippen molar-refractivity contribution in [1.82, 2.24) is 9.78 Å². The molecule has 0 atom stereocenters. The summed E-state index contributed by atoms with van der Waals surface area (Å²) in [7, 11) is 0. The minimum atomic E-state index is -0.363. The van der Waals surface area contributed by atoms with Crippen molar-refractivity contribution in [3.8, 4) is 5.75 Å². The smallest absolute Gasteiger partial charge is 0.338 e. The van der Waals surface area contributed by atoms with Crippen molar-refractivity contribution in [3.63, 3.8) is 0 Å². The van der Waals surface area contributed by atoms with E-state index in [4.69, 9.17) is 9.47 Å². The molecule has 0 fully saturated rings. The molecule has 24 heavy (non-hydrogen) atoms. The SMILES string of the molecule is CCCOC(=O)c1ccc(OCC(=O)n2nc(C)c(C)c2C)cc1. The Balaban J connectivity index is 1.95. The monoisotopic (exact) mass is 330 g/mol. The van der Waals surface area contributed by atoms with Crippen LogP contribution < -0.4 is 4.74 Å². The molecule has 1 aromatic carbocycles. The predicted octanol–water partition coefficient (Wildman–Crippen LogP) is 3.09. The predicted molar refractivity (Wildman–Crippen MR) is 89.6 cm³/mol. The summed E-state index contributed by atoms with van der Waals surface area (Å²) in [6.07, 6.45) is 0.779. The number of esters is 1. The molecule has 6 heteroatoms. The fraction of sp³-hybridized carbons (Fsp3) is 0.389. The van der Waals surface area contributed by atoms with Gasteiger partial charge in [-0.25, -0.2) is 9.48 Å². The molecule has 0 spiro atoms. The maximum Gasteiger partial charge on any atom is 0.338 e. The van der Waals surface area contributed by atoms with Crippen molar-refractivity contribution in [2.45, 2.75) is 34.1 Å². The first-order valence-corrected chi connectivity index (χ1v) is 7.90. The first-order valence-electron chi connectivity index (χ1n) is 7.90. The van der Waals surface area contributed by atoms with E-state index in [1.807, 2.05) is 27.7 Å². The maximum atomic E-state index is 12.2. The van der Waals surface area contributed by atoms with E-state index >= 15 is 0 Å². The third-order valence-electron chi connectivity index (χ3n) is 3.78. The van der Waals surface area contributed by atoms with Crippen LogP contribution in [0, 0.1) is 20.8 Å². The summed E-state index contributed by atoms with van der Waals surface area (Å²) < 4.78 is 11.9. The topological polar surface area (TPSA) is 70.4 Å². The summed E-state index contributed by atoms with van der Waals surface area (Å²) >= 11 is 0. The van der Waals surface area contributed by atoms with Crippen LogP contribution in [-0.2, 0) is 4.74 Å². The zero-order valence-corrected chi connectivity index (χ0v) is 14.5. The van der Waals surface area contributed by atoms with Gasteiger partial charge in [-0.2, -0.15) is 5.10 Å². The van der Waals surface area contributed by atoms with E-state index in [2.05, 4.69) is 5.10 Å². The number of hydrogen-bond acceptors (Lipinski definition) is 5. The van der Waals surface area contributed by atoms with Crippen LogP contribution in [0.2, 0.25) is 0 Å². The summed E-state index contributed by atoms with van der Waals surface area (Å²) in [6, 6.07) is 6.51. The Kier molecular flexibility index (Phi) is 5.73. The van der Waals surface area contributed by atoms with E-state index in [9.17, 15) is 9.59 Å². The molecule has 0 aliphatic rings. The van der Waals surface area contributed by atoms with Crippen LogP contribution in [0.4, 0.5) is 0 Å². The molecule has 0 saturated heterocycles. The molecule has 128 valence electrons. The molecular weight excluding hydrogens is 308 g/mol. The van der Waals surface area contributed by atoms with E-state index in [0.717, 1.165) is 23.4 Å². The van der Waals surface area contributed by atoms with Gasteiger partial charge in [0.2, 0.25) is 0 Å². The Labute approximate surface area is 141 Å². The molecule has 1 aromatic heterocycles. The first kappa shape index (κ1) is 17.7. The molecule has 0 aliphatic carbocycles. The van der Waals surface area contributed by atoms with Gasteiger partial charge in [-0.1, -0.05) is 6.92 Å². The van der Waals surface area contributed by atoms with Gasteiger partial charge in [0.15, 0.2) is 6.61 Å². The van der Waals surface area contributed by atoms with Crippen LogP contribution in [0.5, 0.6) is 5.75 Å². The van der Waals surface area contributed by atoms with Gasteiger partial charge < -0.3 is 9.47 Å². The lowest BCUT2D eigenvalue weighted by atomic mass is 10.2. The highest BCUT2D eigenvalue weighted by atomic mass is 16.5. The Hall–Kier alpha value is -2.63. The molecule has 6 nitrogen and oxygen atoms in total. The number of aryl methyl sites for hydroxylation is 1. The second kappa shape index (κ2) is 7.77. The van der Waals surface area contributed by atoms with Gasteiger partial charge in [0, 0.05) is 5.69 Å². The Morgan fingerprint density at radius 3 is 2.33 bits per heavy atom. The Bertz CT molecular complexity index is 732. The number of benzene rings is 1. The van der Waals surface area contributed by atoms with Crippen LogP contribution in [-0.4, -0.2) is 34.9 Å². The number of carbonyl (C=O) groups is 2. The van der Waals surface area contributed by atoms with E-state index < -0.39 is 0 Å². The molecule has 0 aliphatic heterocycles. The fourth-order valence-electron chi connectivity index (χ4n) is 2.14. The number of ether oxygens (including phenoxy) is 2. The standard InChI is InChI=1S/C18H22N2O4/c1-5-10-23-18(22)15-6-8-16(9-7-15)24-11-17(21)20-14(4)12(2)13(3)19-20/h6-9H,5,10-11H2,1-4H3. The zero-order valence-electron chi connectivity index (χ0n) is 14.5. The second-order valence-electron chi connectivity index (χ2n) is 5.55. The van der Waals surface area contributed by atoms with Gasteiger partial charge in [0.25, 0.3) is 5.91 Å². The van der Waals surface area contributed by atoms with Crippen LogP contribution in [0.1, 0.15) is 45.4 Å². The molecule has 0 N–H and O–H groups in total. The van der Waals surface area contributed by atoms with Crippen LogP contribution >= 0.6 is 0 Å². The molecule has 0 amide bonds. The molecule has 0 radical (unpaired) electrons. The quantitative estimate of drug-likeness (QED) is 0.761. The second-order valence-corrected chi connectivity index (χ2v) is 5.55.